The summed E-state index contributed by atoms with van der Waals surface area (Å²) in [6.07, 6.45) is 4.40. The fourth-order valence-corrected chi connectivity index (χ4v) is 7.93. The maximum atomic E-state index is 14.2. The average Bonchev–Trinajstić information content (AvgIpc) is 3.78. The zero-order valence-corrected chi connectivity index (χ0v) is 32.4. The summed E-state index contributed by atoms with van der Waals surface area (Å²) in [4.78, 5) is 57.1. The van der Waals surface area contributed by atoms with Crippen LogP contribution in [0.5, 0.6) is 0 Å². The van der Waals surface area contributed by atoms with Crippen molar-refractivity contribution < 1.29 is 33.8 Å². The number of likely N-dealkylation sites (N-methyl/N-ethyl adjacent to an activating group) is 1. The zero-order chi connectivity index (χ0) is 37.9. The molecule has 1 aromatic carbocycles. The Morgan fingerprint density at radius 1 is 1.06 bits per heavy atom. The number of methoxy groups -OCH3 is 2. The highest BCUT2D eigenvalue weighted by Gasteiger charge is 2.42. The Hall–Kier alpha value is -3.06. The average molecular weight is 716 g/mol. The molecule has 2 aliphatic heterocycles. The normalized spacial score (nSPS) is 23.5. The van der Waals surface area contributed by atoms with Gasteiger partial charge in [0.15, 0.2) is 0 Å². The Balaban J connectivity index is 1.71. The lowest BCUT2D eigenvalue weighted by atomic mass is 9.89. The maximum absolute atomic E-state index is 14.2. The van der Waals surface area contributed by atoms with Crippen molar-refractivity contribution in [2.75, 3.05) is 40.9 Å². The molecular weight excluding hydrogens is 650 g/mol. The number of benzene rings is 1. The summed E-state index contributed by atoms with van der Waals surface area (Å²) < 4.78 is 12.1. The minimum Gasteiger partial charge on any atom is -0.480 e. The van der Waals surface area contributed by atoms with Crippen LogP contribution in [0.3, 0.4) is 0 Å². The van der Waals surface area contributed by atoms with Crippen LogP contribution in [-0.2, 0) is 35.1 Å². The molecule has 0 aromatic heterocycles. The van der Waals surface area contributed by atoms with Crippen molar-refractivity contribution in [2.24, 2.45) is 17.8 Å². The van der Waals surface area contributed by atoms with Gasteiger partial charge in [-0.1, -0.05) is 71.4 Å². The smallest absolute Gasteiger partial charge is 0.326 e. The number of likely N-dealkylation sites (tertiary alicyclic amines) is 1. The standard InChI is InChI=1S/C39H65N5O7/c1-10-26(4)33(43(7)36(46)32(25(2)3)42-38(49)39(6)20-15-21-40-39)31(50-8)19-23-44-22-14-18-30(44)34(51-9)27(5)35(45)41-29(37(47)48)24-28-16-12-11-13-17-28/h11-13,16-17,25-27,29-34,40H,10,14-15,18-24H2,1-9H3,(H,41,45)(H,42,49)(H,47,48). The van der Waals surface area contributed by atoms with E-state index in [2.05, 4.69) is 34.7 Å². The lowest BCUT2D eigenvalue weighted by Gasteiger charge is -2.41. The van der Waals surface area contributed by atoms with Crippen LogP contribution in [-0.4, -0.2) is 121 Å². The van der Waals surface area contributed by atoms with Gasteiger partial charge in [0.25, 0.3) is 0 Å². The van der Waals surface area contributed by atoms with Crippen molar-refractivity contribution in [2.45, 2.75) is 128 Å². The first-order valence-corrected chi connectivity index (χ1v) is 18.9. The first kappa shape index (κ1) is 42.4. The summed E-state index contributed by atoms with van der Waals surface area (Å²) in [5.74, 6) is -2.27. The van der Waals surface area contributed by atoms with Crippen molar-refractivity contribution in [3.8, 4) is 0 Å². The molecule has 12 heteroatoms. The summed E-state index contributed by atoms with van der Waals surface area (Å²) in [5, 5.41) is 19.0. The van der Waals surface area contributed by atoms with Crippen LogP contribution in [0.15, 0.2) is 30.3 Å². The molecule has 4 N–H and O–H groups in total. The van der Waals surface area contributed by atoms with Gasteiger partial charge in [-0.05, 0) is 69.5 Å². The fourth-order valence-electron chi connectivity index (χ4n) is 7.93. The van der Waals surface area contributed by atoms with Crippen LogP contribution in [0.25, 0.3) is 0 Å². The van der Waals surface area contributed by atoms with Crippen LogP contribution < -0.4 is 16.0 Å². The molecular formula is C39H65N5O7. The number of amides is 3. The van der Waals surface area contributed by atoms with Gasteiger partial charge in [0.2, 0.25) is 17.7 Å². The van der Waals surface area contributed by atoms with Gasteiger partial charge in [0.05, 0.1) is 29.7 Å². The topological polar surface area (TPSA) is 150 Å². The number of carboxylic acids is 1. The number of aliphatic carboxylic acids is 1. The first-order valence-electron chi connectivity index (χ1n) is 18.9. The minimum absolute atomic E-state index is 0.0434. The molecule has 3 rings (SSSR count). The maximum Gasteiger partial charge on any atom is 0.326 e. The zero-order valence-electron chi connectivity index (χ0n) is 32.4. The molecule has 9 unspecified atom stereocenters. The van der Waals surface area contributed by atoms with E-state index in [4.69, 9.17) is 9.47 Å². The van der Waals surface area contributed by atoms with Crippen LogP contribution in [0.1, 0.15) is 85.6 Å². The molecule has 0 saturated carbocycles. The molecule has 0 aliphatic carbocycles. The summed E-state index contributed by atoms with van der Waals surface area (Å²) >= 11 is 0. The molecule has 2 aliphatic rings. The number of hydrogen-bond donors (Lipinski definition) is 4. The van der Waals surface area contributed by atoms with E-state index < -0.39 is 35.6 Å². The molecule has 0 bridgehead atoms. The molecule has 2 fully saturated rings. The van der Waals surface area contributed by atoms with E-state index in [0.717, 1.165) is 50.8 Å². The van der Waals surface area contributed by atoms with Gasteiger partial charge in [-0.25, -0.2) is 4.79 Å². The van der Waals surface area contributed by atoms with Gasteiger partial charge in [0.1, 0.15) is 12.1 Å². The number of hydrogen-bond acceptors (Lipinski definition) is 8. The summed E-state index contributed by atoms with van der Waals surface area (Å²) in [7, 11) is 5.12. The van der Waals surface area contributed by atoms with Gasteiger partial charge < -0.3 is 35.4 Å². The minimum atomic E-state index is -1.08. The number of nitrogens with zero attached hydrogens (tertiary/aromatic N) is 2. The van der Waals surface area contributed by atoms with Crippen LogP contribution in [0, 0.1) is 17.8 Å². The molecule has 0 spiro atoms. The van der Waals surface area contributed by atoms with Crippen molar-refractivity contribution in [1.29, 1.82) is 0 Å². The number of carbonyl (C=O) groups is 4. The highest BCUT2D eigenvalue weighted by Crippen LogP contribution is 2.29. The number of carboxylic acid groups (broad SMARTS) is 1. The van der Waals surface area contributed by atoms with E-state index in [1.807, 2.05) is 58.2 Å². The van der Waals surface area contributed by atoms with E-state index in [-0.39, 0.29) is 54.2 Å². The highest BCUT2D eigenvalue weighted by atomic mass is 16.5. The Kier molecular flexibility index (Phi) is 16.3. The summed E-state index contributed by atoms with van der Waals surface area (Å²) in [6.45, 7) is 14.1. The largest absolute Gasteiger partial charge is 0.480 e. The summed E-state index contributed by atoms with van der Waals surface area (Å²) in [5.41, 5.74) is 0.154. The second-order valence-electron chi connectivity index (χ2n) is 15.3. The Labute approximate surface area is 305 Å². The lowest BCUT2D eigenvalue weighted by molar-refractivity contribution is -0.144. The molecule has 0 radical (unpaired) electrons. The molecule has 51 heavy (non-hydrogen) atoms. The molecule has 1 aromatic rings. The first-order chi connectivity index (χ1) is 24.2. The van der Waals surface area contributed by atoms with Gasteiger partial charge in [-0.3, -0.25) is 19.3 Å². The lowest BCUT2D eigenvalue weighted by Crippen LogP contribution is -2.61. The third-order valence-electron chi connectivity index (χ3n) is 11.4. The van der Waals surface area contributed by atoms with E-state index in [9.17, 15) is 24.3 Å². The third-order valence-corrected chi connectivity index (χ3v) is 11.4. The number of rotatable bonds is 20. The van der Waals surface area contributed by atoms with E-state index >= 15 is 0 Å². The SMILES string of the molecule is CCC(C)C(C(CCN1CCCC1C(OC)C(C)C(=O)NC(Cc1ccccc1)C(=O)O)OC)N(C)C(=O)C(NC(=O)C1(C)CCCN1)C(C)C. The molecule has 12 nitrogen and oxygen atoms in total. The van der Waals surface area contributed by atoms with Gasteiger partial charge in [-0.15, -0.1) is 0 Å². The van der Waals surface area contributed by atoms with Gasteiger partial charge in [-0.2, -0.15) is 0 Å². The second-order valence-corrected chi connectivity index (χ2v) is 15.3. The quantitative estimate of drug-likeness (QED) is 0.159. The third kappa shape index (κ3) is 11.0. The van der Waals surface area contributed by atoms with Crippen molar-refractivity contribution >= 4 is 23.7 Å². The van der Waals surface area contributed by atoms with Gasteiger partial charge >= 0.3 is 5.97 Å². The predicted molar refractivity (Wildman–Crippen MR) is 198 cm³/mol. The highest BCUT2D eigenvalue weighted by molar-refractivity contribution is 5.92. The monoisotopic (exact) mass is 715 g/mol. The van der Waals surface area contributed by atoms with Crippen LogP contribution in [0.4, 0.5) is 0 Å². The Bertz CT molecular complexity index is 1270. The Morgan fingerprint density at radius 2 is 1.75 bits per heavy atom. The van der Waals surface area contributed by atoms with Gasteiger partial charge in [0, 0.05) is 40.3 Å². The Morgan fingerprint density at radius 3 is 2.29 bits per heavy atom. The van der Waals surface area contributed by atoms with Crippen molar-refractivity contribution in [3.63, 3.8) is 0 Å². The van der Waals surface area contributed by atoms with Crippen LogP contribution in [0.2, 0.25) is 0 Å². The van der Waals surface area contributed by atoms with Crippen LogP contribution >= 0.6 is 0 Å². The van der Waals surface area contributed by atoms with E-state index in [1.54, 1.807) is 26.0 Å². The van der Waals surface area contributed by atoms with E-state index in [0.29, 0.717) is 13.0 Å². The molecule has 2 saturated heterocycles. The number of nitrogens with one attached hydrogen (secondary N) is 3. The molecule has 288 valence electrons. The van der Waals surface area contributed by atoms with Crippen molar-refractivity contribution in [3.05, 3.63) is 35.9 Å². The molecule has 3 amide bonds. The molecule has 2 heterocycles. The van der Waals surface area contributed by atoms with Crippen molar-refractivity contribution in [1.82, 2.24) is 25.8 Å². The summed E-state index contributed by atoms with van der Waals surface area (Å²) in [6, 6.07) is 7.27. The fraction of sp³-hybridized carbons (Fsp3) is 0.744. The number of ether oxygens (including phenoxy) is 2. The second kappa shape index (κ2) is 19.7. The number of carbonyl (C=O) groups excluding carboxylic acids is 3. The van der Waals surface area contributed by atoms with E-state index in [1.165, 1.54) is 0 Å². The predicted octanol–water partition coefficient (Wildman–Crippen LogP) is 3.48. The molecule has 9 atom stereocenters.